The maximum absolute atomic E-state index is 2.53. The monoisotopic (exact) mass is 127 g/mol. The zero-order chi connectivity index (χ0) is 6.69. The van der Waals surface area contributed by atoms with Crippen LogP contribution in [0.4, 0.5) is 0 Å². The maximum Gasteiger partial charge on any atom is -0.000654 e. The molecule has 9 heavy (non-hydrogen) atoms. The SMILES string of the molecule is CC(C)CCN1CCC1. The van der Waals surface area contributed by atoms with Gasteiger partial charge in [0.25, 0.3) is 0 Å². The Morgan fingerprint density at radius 1 is 1.33 bits per heavy atom. The van der Waals surface area contributed by atoms with E-state index in [1.165, 1.54) is 32.5 Å². The zero-order valence-electron chi connectivity index (χ0n) is 6.56. The number of nitrogens with zero attached hydrogens (tertiary/aromatic N) is 1. The van der Waals surface area contributed by atoms with Gasteiger partial charge in [0.15, 0.2) is 0 Å². The fourth-order valence-corrected chi connectivity index (χ4v) is 1.05. The van der Waals surface area contributed by atoms with E-state index in [0.29, 0.717) is 0 Å². The second-order valence-electron chi connectivity index (χ2n) is 3.38. The van der Waals surface area contributed by atoms with Crippen molar-refractivity contribution in [1.82, 2.24) is 4.90 Å². The summed E-state index contributed by atoms with van der Waals surface area (Å²) in [6.45, 7) is 8.62. The van der Waals surface area contributed by atoms with Crippen LogP contribution in [0.15, 0.2) is 0 Å². The summed E-state index contributed by atoms with van der Waals surface area (Å²) in [5.74, 6) is 0.880. The summed E-state index contributed by atoms with van der Waals surface area (Å²) in [7, 11) is 0. The van der Waals surface area contributed by atoms with E-state index in [-0.39, 0.29) is 0 Å². The molecule has 1 aliphatic heterocycles. The van der Waals surface area contributed by atoms with Gasteiger partial charge in [-0.1, -0.05) is 13.8 Å². The normalized spacial score (nSPS) is 20.3. The van der Waals surface area contributed by atoms with Crippen LogP contribution < -0.4 is 0 Å². The molecule has 0 unspecified atom stereocenters. The molecule has 1 heterocycles. The van der Waals surface area contributed by atoms with E-state index in [1.807, 2.05) is 0 Å². The second kappa shape index (κ2) is 3.21. The molecule has 0 aromatic carbocycles. The van der Waals surface area contributed by atoms with E-state index in [9.17, 15) is 0 Å². The lowest BCUT2D eigenvalue weighted by molar-refractivity contribution is 0.172. The van der Waals surface area contributed by atoms with E-state index in [0.717, 1.165) is 5.92 Å². The predicted octanol–water partition coefficient (Wildman–Crippen LogP) is 1.74. The molecule has 0 spiro atoms. The molecule has 0 aromatic rings. The topological polar surface area (TPSA) is 3.24 Å². The molecule has 0 aliphatic carbocycles. The Labute approximate surface area is 58.0 Å². The first-order valence-electron chi connectivity index (χ1n) is 4.01. The van der Waals surface area contributed by atoms with Crippen LogP contribution in [0.5, 0.6) is 0 Å². The van der Waals surface area contributed by atoms with Crippen molar-refractivity contribution in [1.29, 1.82) is 0 Å². The second-order valence-corrected chi connectivity index (χ2v) is 3.38. The lowest BCUT2D eigenvalue weighted by Gasteiger charge is -2.31. The van der Waals surface area contributed by atoms with E-state index >= 15 is 0 Å². The van der Waals surface area contributed by atoms with E-state index in [2.05, 4.69) is 18.7 Å². The summed E-state index contributed by atoms with van der Waals surface area (Å²) >= 11 is 0. The summed E-state index contributed by atoms with van der Waals surface area (Å²) in [6.07, 6.45) is 2.80. The molecule has 0 radical (unpaired) electrons. The fraction of sp³-hybridized carbons (Fsp3) is 1.00. The molecule has 0 bridgehead atoms. The van der Waals surface area contributed by atoms with Gasteiger partial charge < -0.3 is 4.90 Å². The summed E-state index contributed by atoms with van der Waals surface area (Å²) in [5.41, 5.74) is 0. The highest BCUT2D eigenvalue weighted by atomic mass is 15.2. The molecule has 1 heteroatoms. The van der Waals surface area contributed by atoms with Gasteiger partial charge >= 0.3 is 0 Å². The molecule has 54 valence electrons. The summed E-state index contributed by atoms with van der Waals surface area (Å²) in [6, 6.07) is 0. The highest BCUT2D eigenvalue weighted by Gasteiger charge is 2.12. The third-order valence-electron chi connectivity index (χ3n) is 1.97. The Balaban J connectivity index is 1.91. The summed E-state index contributed by atoms with van der Waals surface area (Å²) < 4.78 is 0. The zero-order valence-corrected chi connectivity index (χ0v) is 6.56. The van der Waals surface area contributed by atoms with E-state index in [4.69, 9.17) is 0 Å². The van der Waals surface area contributed by atoms with Gasteiger partial charge in [-0.2, -0.15) is 0 Å². The maximum atomic E-state index is 2.53. The standard InChI is InChI=1S/C8H17N/c1-8(2)4-7-9-5-3-6-9/h8H,3-7H2,1-2H3. The van der Waals surface area contributed by atoms with Gasteiger partial charge in [-0.25, -0.2) is 0 Å². The summed E-state index contributed by atoms with van der Waals surface area (Å²) in [5, 5.41) is 0. The Morgan fingerprint density at radius 2 is 2.00 bits per heavy atom. The lowest BCUT2D eigenvalue weighted by atomic mass is 10.1. The summed E-state index contributed by atoms with van der Waals surface area (Å²) in [4.78, 5) is 2.53. The van der Waals surface area contributed by atoms with Crippen molar-refractivity contribution in [3.63, 3.8) is 0 Å². The van der Waals surface area contributed by atoms with Crippen LogP contribution in [0.25, 0.3) is 0 Å². The van der Waals surface area contributed by atoms with Crippen molar-refractivity contribution >= 4 is 0 Å². The molecule has 1 saturated heterocycles. The van der Waals surface area contributed by atoms with Crippen LogP contribution in [0.2, 0.25) is 0 Å². The largest absolute Gasteiger partial charge is 0.303 e. The minimum absolute atomic E-state index is 0.880. The first kappa shape index (κ1) is 7.07. The lowest BCUT2D eigenvalue weighted by Crippen LogP contribution is -2.38. The Bertz CT molecular complexity index is 74.6. The molecule has 1 aliphatic rings. The van der Waals surface area contributed by atoms with Crippen LogP contribution in [-0.2, 0) is 0 Å². The number of rotatable bonds is 3. The molecule has 0 aromatic heterocycles. The van der Waals surface area contributed by atoms with Gasteiger partial charge in [0.1, 0.15) is 0 Å². The first-order chi connectivity index (χ1) is 4.29. The van der Waals surface area contributed by atoms with Crippen molar-refractivity contribution in [2.75, 3.05) is 19.6 Å². The Morgan fingerprint density at radius 3 is 2.33 bits per heavy atom. The number of hydrogen-bond donors (Lipinski definition) is 0. The van der Waals surface area contributed by atoms with Gasteiger partial charge in [0, 0.05) is 0 Å². The Kier molecular flexibility index (Phi) is 2.52. The molecular formula is C8H17N. The Hall–Kier alpha value is -0.0400. The van der Waals surface area contributed by atoms with Crippen LogP contribution in [-0.4, -0.2) is 24.5 Å². The molecule has 1 nitrogen and oxygen atoms in total. The van der Waals surface area contributed by atoms with Crippen molar-refractivity contribution in [3.8, 4) is 0 Å². The third kappa shape index (κ3) is 2.35. The van der Waals surface area contributed by atoms with Gasteiger partial charge in [-0.15, -0.1) is 0 Å². The van der Waals surface area contributed by atoms with Crippen molar-refractivity contribution < 1.29 is 0 Å². The van der Waals surface area contributed by atoms with Gasteiger partial charge in [0.05, 0.1) is 0 Å². The third-order valence-corrected chi connectivity index (χ3v) is 1.97. The van der Waals surface area contributed by atoms with Gasteiger partial charge in [-0.05, 0) is 38.4 Å². The van der Waals surface area contributed by atoms with Crippen LogP contribution in [0.3, 0.4) is 0 Å². The van der Waals surface area contributed by atoms with Crippen molar-refractivity contribution in [3.05, 3.63) is 0 Å². The average Bonchev–Trinajstić information content (AvgIpc) is 1.60. The average molecular weight is 127 g/mol. The molecule has 0 atom stereocenters. The molecule has 0 amide bonds. The number of likely N-dealkylation sites (tertiary alicyclic amines) is 1. The van der Waals surface area contributed by atoms with Crippen molar-refractivity contribution in [2.45, 2.75) is 26.7 Å². The van der Waals surface area contributed by atoms with E-state index in [1.54, 1.807) is 0 Å². The fourth-order valence-electron chi connectivity index (χ4n) is 1.05. The minimum Gasteiger partial charge on any atom is -0.303 e. The van der Waals surface area contributed by atoms with Crippen LogP contribution in [0, 0.1) is 5.92 Å². The van der Waals surface area contributed by atoms with Gasteiger partial charge in [-0.3, -0.25) is 0 Å². The number of hydrogen-bond acceptors (Lipinski definition) is 1. The van der Waals surface area contributed by atoms with Gasteiger partial charge in [0.2, 0.25) is 0 Å². The smallest absolute Gasteiger partial charge is 0.000654 e. The quantitative estimate of drug-likeness (QED) is 0.558. The first-order valence-corrected chi connectivity index (χ1v) is 4.01. The minimum atomic E-state index is 0.880. The van der Waals surface area contributed by atoms with Crippen LogP contribution >= 0.6 is 0 Å². The molecule has 1 fully saturated rings. The highest BCUT2D eigenvalue weighted by Crippen LogP contribution is 2.08. The van der Waals surface area contributed by atoms with Crippen molar-refractivity contribution in [2.24, 2.45) is 5.92 Å². The van der Waals surface area contributed by atoms with Crippen LogP contribution in [0.1, 0.15) is 26.7 Å². The molecule has 0 N–H and O–H groups in total. The molecule has 1 rings (SSSR count). The highest BCUT2D eigenvalue weighted by molar-refractivity contribution is 4.68. The predicted molar refractivity (Wildman–Crippen MR) is 40.5 cm³/mol. The molecule has 0 saturated carbocycles. The van der Waals surface area contributed by atoms with E-state index < -0.39 is 0 Å². The molecular weight excluding hydrogens is 110 g/mol.